The molecular formula is C22H15FN6O. The molecular weight excluding hydrogens is 383 g/mol. The molecule has 0 amide bonds. The highest BCUT2D eigenvalue weighted by atomic mass is 19.1. The third-order valence-corrected chi connectivity index (χ3v) is 5.41. The van der Waals surface area contributed by atoms with Crippen LogP contribution in [0.4, 0.5) is 10.3 Å². The van der Waals surface area contributed by atoms with E-state index in [0.29, 0.717) is 5.95 Å². The molecule has 30 heavy (non-hydrogen) atoms. The second kappa shape index (κ2) is 6.48. The molecule has 0 saturated heterocycles. The predicted octanol–water partition coefficient (Wildman–Crippen LogP) is 3.77. The zero-order valence-electron chi connectivity index (χ0n) is 15.6. The highest BCUT2D eigenvalue weighted by molar-refractivity contribution is 5.85. The van der Waals surface area contributed by atoms with Crippen LogP contribution in [0.15, 0.2) is 78.6 Å². The summed E-state index contributed by atoms with van der Waals surface area (Å²) in [6, 6.07) is 17.7. The first-order valence-electron chi connectivity index (χ1n) is 9.50. The Morgan fingerprint density at radius 2 is 1.83 bits per heavy atom. The van der Waals surface area contributed by atoms with E-state index in [1.54, 1.807) is 29.2 Å². The Morgan fingerprint density at radius 1 is 0.967 bits per heavy atom. The zero-order valence-corrected chi connectivity index (χ0v) is 15.6. The third kappa shape index (κ3) is 2.50. The van der Waals surface area contributed by atoms with E-state index in [2.05, 4.69) is 25.8 Å². The van der Waals surface area contributed by atoms with E-state index < -0.39 is 6.10 Å². The van der Waals surface area contributed by atoms with Crippen LogP contribution in [-0.4, -0.2) is 25.2 Å². The van der Waals surface area contributed by atoms with Crippen molar-refractivity contribution in [3.8, 4) is 5.75 Å². The Bertz CT molecular complexity index is 1270. The number of para-hydroxylation sites is 1. The maximum Gasteiger partial charge on any atom is 0.248 e. The monoisotopic (exact) mass is 398 g/mol. The fourth-order valence-corrected chi connectivity index (χ4v) is 4.11. The second-order valence-corrected chi connectivity index (χ2v) is 7.14. The van der Waals surface area contributed by atoms with Crippen molar-refractivity contribution >= 4 is 11.6 Å². The average Bonchev–Trinajstić information content (AvgIpc) is 3.26. The number of ether oxygens (including phenoxy) is 1. The average molecular weight is 398 g/mol. The number of hydrogen-bond acceptors (Lipinski definition) is 6. The molecule has 2 aromatic heterocycles. The van der Waals surface area contributed by atoms with Crippen molar-refractivity contribution < 1.29 is 9.13 Å². The van der Waals surface area contributed by atoms with Gasteiger partial charge in [0.05, 0.1) is 5.70 Å². The first-order chi connectivity index (χ1) is 14.8. The van der Waals surface area contributed by atoms with Gasteiger partial charge in [-0.3, -0.25) is 4.98 Å². The lowest BCUT2D eigenvalue weighted by Crippen LogP contribution is -2.32. The van der Waals surface area contributed by atoms with Crippen LogP contribution >= 0.6 is 0 Å². The Balaban J connectivity index is 1.63. The maximum atomic E-state index is 13.6. The highest BCUT2D eigenvalue weighted by Crippen LogP contribution is 2.50. The van der Waals surface area contributed by atoms with Crippen LogP contribution in [-0.2, 0) is 0 Å². The van der Waals surface area contributed by atoms with Crippen LogP contribution in [0.2, 0.25) is 0 Å². The molecule has 7 nitrogen and oxygen atoms in total. The Morgan fingerprint density at radius 3 is 2.67 bits per heavy atom. The minimum Gasteiger partial charge on any atom is -0.480 e. The fraction of sp³-hybridized carbons (Fsp3) is 0.0909. The lowest BCUT2D eigenvalue weighted by atomic mass is 9.85. The Hall–Kier alpha value is -4.07. The summed E-state index contributed by atoms with van der Waals surface area (Å²) < 4.78 is 21.8. The SMILES string of the molecule is Fc1ccc([C@@H]2Oc3ccccc3C3=C2[C@H](c2cccnc2)n2nnnc2N3)cc1. The normalized spacial score (nSPS) is 19.2. The summed E-state index contributed by atoms with van der Waals surface area (Å²) in [6.07, 6.45) is 3.07. The summed E-state index contributed by atoms with van der Waals surface area (Å²) in [6.45, 7) is 0. The summed E-state index contributed by atoms with van der Waals surface area (Å²) >= 11 is 0. The van der Waals surface area contributed by atoms with Crippen molar-refractivity contribution in [2.24, 2.45) is 0 Å². The largest absolute Gasteiger partial charge is 0.480 e. The molecule has 0 aliphatic carbocycles. The van der Waals surface area contributed by atoms with E-state index in [1.807, 2.05) is 36.4 Å². The van der Waals surface area contributed by atoms with Gasteiger partial charge in [-0.15, -0.1) is 0 Å². The molecule has 146 valence electrons. The Kier molecular flexibility index (Phi) is 3.64. The van der Waals surface area contributed by atoms with Crippen LogP contribution in [0.1, 0.15) is 28.8 Å². The van der Waals surface area contributed by atoms with Crippen LogP contribution in [0.5, 0.6) is 5.75 Å². The smallest absolute Gasteiger partial charge is 0.248 e. The van der Waals surface area contributed by atoms with Crippen molar-refractivity contribution in [2.75, 3.05) is 5.32 Å². The molecule has 8 heteroatoms. The van der Waals surface area contributed by atoms with Crippen molar-refractivity contribution in [1.82, 2.24) is 25.2 Å². The number of halogens is 1. The van der Waals surface area contributed by atoms with Gasteiger partial charge in [0.1, 0.15) is 23.7 Å². The minimum atomic E-state index is -0.453. The lowest BCUT2D eigenvalue weighted by Gasteiger charge is -2.38. The summed E-state index contributed by atoms with van der Waals surface area (Å²) in [5, 5.41) is 15.6. The van der Waals surface area contributed by atoms with Gasteiger partial charge in [-0.05, 0) is 51.9 Å². The number of benzene rings is 2. The zero-order chi connectivity index (χ0) is 20.1. The van der Waals surface area contributed by atoms with Crippen molar-refractivity contribution in [1.29, 1.82) is 0 Å². The van der Waals surface area contributed by atoms with E-state index in [0.717, 1.165) is 33.7 Å². The topological polar surface area (TPSA) is 77.8 Å². The molecule has 0 radical (unpaired) electrons. The number of tetrazole rings is 1. The number of pyridine rings is 1. The molecule has 2 aliphatic rings. The summed E-state index contributed by atoms with van der Waals surface area (Å²) in [7, 11) is 0. The number of anilines is 1. The molecule has 1 N–H and O–H groups in total. The molecule has 2 atom stereocenters. The third-order valence-electron chi connectivity index (χ3n) is 5.41. The van der Waals surface area contributed by atoms with Crippen molar-refractivity contribution in [2.45, 2.75) is 12.1 Å². The van der Waals surface area contributed by atoms with Crippen molar-refractivity contribution in [3.05, 3.63) is 101 Å². The quantitative estimate of drug-likeness (QED) is 0.554. The molecule has 0 saturated carbocycles. The van der Waals surface area contributed by atoms with E-state index in [9.17, 15) is 4.39 Å². The summed E-state index contributed by atoms with van der Waals surface area (Å²) in [5.41, 5.74) is 4.52. The van der Waals surface area contributed by atoms with Crippen LogP contribution in [0.25, 0.3) is 5.70 Å². The molecule has 4 aromatic rings. The van der Waals surface area contributed by atoms with Crippen LogP contribution in [0, 0.1) is 5.82 Å². The number of hydrogen-bond donors (Lipinski definition) is 1. The van der Waals surface area contributed by atoms with Gasteiger partial charge in [0, 0.05) is 23.5 Å². The van der Waals surface area contributed by atoms with E-state index in [-0.39, 0.29) is 11.9 Å². The molecule has 0 fully saturated rings. The summed E-state index contributed by atoms with van der Waals surface area (Å²) in [5.74, 6) is 0.985. The molecule has 0 spiro atoms. The van der Waals surface area contributed by atoms with E-state index >= 15 is 0 Å². The van der Waals surface area contributed by atoms with Gasteiger partial charge in [0.25, 0.3) is 0 Å². The van der Waals surface area contributed by atoms with Crippen LogP contribution in [0.3, 0.4) is 0 Å². The standard InChI is InChI=1S/C22H15FN6O/c23-15-9-7-13(8-10-15)21-18-19(16-5-1-2-6-17(16)30-21)25-22-26-27-28-29(22)20(18)14-4-3-11-24-12-14/h1-12,20-21H,(H,25,26,28)/t20-,21-/m0/s1. The number of nitrogens with zero attached hydrogens (tertiary/aromatic N) is 5. The number of aromatic nitrogens is 5. The van der Waals surface area contributed by atoms with Gasteiger partial charge in [0.2, 0.25) is 5.95 Å². The minimum absolute atomic E-state index is 0.294. The number of nitrogens with one attached hydrogen (secondary N) is 1. The van der Waals surface area contributed by atoms with E-state index in [4.69, 9.17) is 4.74 Å². The molecule has 4 heterocycles. The highest BCUT2D eigenvalue weighted by Gasteiger charge is 2.41. The molecule has 2 aromatic carbocycles. The fourth-order valence-electron chi connectivity index (χ4n) is 4.11. The summed E-state index contributed by atoms with van der Waals surface area (Å²) in [4.78, 5) is 4.29. The van der Waals surface area contributed by atoms with Gasteiger partial charge in [0.15, 0.2) is 0 Å². The first-order valence-corrected chi connectivity index (χ1v) is 9.50. The molecule has 6 rings (SSSR count). The number of fused-ring (bicyclic) bond motifs is 3. The molecule has 2 aliphatic heterocycles. The Labute approximate surface area is 170 Å². The van der Waals surface area contributed by atoms with Gasteiger partial charge in [-0.1, -0.05) is 35.4 Å². The van der Waals surface area contributed by atoms with Gasteiger partial charge in [-0.2, -0.15) is 4.68 Å². The predicted molar refractivity (Wildman–Crippen MR) is 107 cm³/mol. The van der Waals surface area contributed by atoms with Gasteiger partial charge < -0.3 is 10.1 Å². The maximum absolute atomic E-state index is 13.6. The molecule has 0 unspecified atom stereocenters. The lowest BCUT2D eigenvalue weighted by molar-refractivity contribution is 0.222. The van der Waals surface area contributed by atoms with Gasteiger partial charge in [-0.25, -0.2) is 4.39 Å². The number of rotatable bonds is 2. The van der Waals surface area contributed by atoms with Crippen molar-refractivity contribution in [3.63, 3.8) is 0 Å². The van der Waals surface area contributed by atoms with Gasteiger partial charge >= 0.3 is 0 Å². The molecule has 0 bridgehead atoms. The van der Waals surface area contributed by atoms with E-state index in [1.165, 1.54) is 12.1 Å². The first kappa shape index (κ1) is 16.8. The van der Waals surface area contributed by atoms with Crippen LogP contribution < -0.4 is 10.1 Å². The second-order valence-electron chi connectivity index (χ2n) is 7.14.